The van der Waals surface area contributed by atoms with E-state index in [1.54, 1.807) is 6.07 Å². The van der Waals surface area contributed by atoms with Crippen LogP contribution in [0.5, 0.6) is 0 Å². The summed E-state index contributed by atoms with van der Waals surface area (Å²) < 4.78 is 1.90. The van der Waals surface area contributed by atoms with E-state index in [9.17, 15) is 4.79 Å². The van der Waals surface area contributed by atoms with Gasteiger partial charge in [0.1, 0.15) is 5.69 Å². The van der Waals surface area contributed by atoms with Crippen LogP contribution in [0.3, 0.4) is 0 Å². The number of nitrogens with zero attached hydrogens (tertiary/aromatic N) is 1. The molecule has 0 saturated carbocycles. The van der Waals surface area contributed by atoms with Crippen LogP contribution in [0.2, 0.25) is 0 Å². The Morgan fingerprint density at radius 2 is 1.89 bits per heavy atom. The molecule has 0 radical (unpaired) electrons. The van der Waals surface area contributed by atoms with Gasteiger partial charge in [0.15, 0.2) is 0 Å². The third kappa shape index (κ3) is 2.62. The summed E-state index contributed by atoms with van der Waals surface area (Å²) in [5, 5.41) is 9.15. The molecule has 0 fully saturated rings. The normalized spacial score (nSPS) is 10.5. The minimum atomic E-state index is -0.859. The fourth-order valence-electron chi connectivity index (χ4n) is 2.14. The van der Waals surface area contributed by atoms with E-state index in [1.165, 1.54) is 5.56 Å². The highest BCUT2D eigenvalue weighted by Gasteiger charge is 2.13. The monoisotopic (exact) mass is 243 g/mol. The van der Waals surface area contributed by atoms with E-state index >= 15 is 0 Å². The third-order valence-electron chi connectivity index (χ3n) is 2.97. The highest BCUT2D eigenvalue weighted by atomic mass is 16.4. The number of carboxylic acid groups (broad SMARTS) is 1. The zero-order valence-corrected chi connectivity index (χ0v) is 10.5. The van der Waals surface area contributed by atoms with Crippen LogP contribution in [0.1, 0.15) is 35.1 Å². The molecular formula is C15H17NO2. The lowest BCUT2D eigenvalue weighted by molar-refractivity contribution is 0.0684. The highest BCUT2D eigenvalue weighted by molar-refractivity contribution is 5.86. The van der Waals surface area contributed by atoms with Gasteiger partial charge in [-0.15, -0.1) is 0 Å². The Labute approximate surface area is 107 Å². The first-order valence-corrected chi connectivity index (χ1v) is 6.18. The Kier molecular flexibility index (Phi) is 3.82. The predicted octanol–water partition coefficient (Wildman–Crippen LogP) is 3.19. The smallest absolute Gasteiger partial charge is 0.352 e. The maximum atomic E-state index is 11.1. The first-order valence-electron chi connectivity index (χ1n) is 6.18. The van der Waals surface area contributed by atoms with Gasteiger partial charge in [0.2, 0.25) is 0 Å². The van der Waals surface area contributed by atoms with Crippen molar-refractivity contribution in [2.75, 3.05) is 0 Å². The number of aromatic carboxylic acids is 1. The lowest BCUT2D eigenvalue weighted by Crippen LogP contribution is -2.11. The molecule has 0 aliphatic carbocycles. The number of rotatable bonds is 5. The lowest BCUT2D eigenvalue weighted by atomic mass is 10.1. The first-order chi connectivity index (χ1) is 8.72. The van der Waals surface area contributed by atoms with Gasteiger partial charge in [-0.1, -0.05) is 37.3 Å². The Hall–Kier alpha value is -2.03. The molecule has 3 heteroatoms. The fraction of sp³-hybridized carbons (Fsp3) is 0.267. The second-order valence-corrected chi connectivity index (χ2v) is 4.33. The minimum Gasteiger partial charge on any atom is -0.477 e. The van der Waals surface area contributed by atoms with E-state index in [2.05, 4.69) is 19.1 Å². The summed E-state index contributed by atoms with van der Waals surface area (Å²) in [7, 11) is 0. The number of aromatic nitrogens is 1. The van der Waals surface area contributed by atoms with Crippen LogP contribution >= 0.6 is 0 Å². The summed E-state index contributed by atoms with van der Waals surface area (Å²) in [6.45, 7) is 2.80. The van der Waals surface area contributed by atoms with E-state index in [0.717, 1.165) is 25.1 Å². The van der Waals surface area contributed by atoms with E-state index in [1.807, 2.05) is 28.8 Å². The number of carboxylic acids is 1. The Balaban J connectivity index is 2.30. The molecule has 0 saturated heterocycles. The summed E-state index contributed by atoms with van der Waals surface area (Å²) in [6.07, 6.45) is 1.70. The van der Waals surface area contributed by atoms with Crippen LogP contribution in [0.15, 0.2) is 42.5 Å². The second kappa shape index (κ2) is 5.54. The molecule has 1 aromatic heterocycles. The predicted molar refractivity (Wildman–Crippen MR) is 70.9 cm³/mol. The van der Waals surface area contributed by atoms with Crippen molar-refractivity contribution >= 4 is 5.97 Å². The molecule has 0 aliphatic heterocycles. The van der Waals surface area contributed by atoms with Crippen molar-refractivity contribution in [2.24, 2.45) is 0 Å². The number of benzene rings is 1. The average Bonchev–Trinajstić information content (AvgIpc) is 2.74. The fourth-order valence-corrected chi connectivity index (χ4v) is 2.14. The quantitative estimate of drug-likeness (QED) is 0.876. The summed E-state index contributed by atoms with van der Waals surface area (Å²) >= 11 is 0. The minimum absolute atomic E-state index is 0.378. The molecule has 0 unspecified atom stereocenters. The molecule has 1 heterocycles. The van der Waals surface area contributed by atoms with E-state index in [0.29, 0.717) is 5.69 Å². The third-order valence-corrected chi connectivity index (χ3v) is 2.97. The van der Waals surface area contributed by atoms with Gasteiger partial charge in [-0.25, -0.2) is 4.79 Å². The van der Waals surface area contributed by atoms with Crippen molar-refractivity contribution in [2.45, 2.75) is 26.3 Å². The average molecular weight is 243 g/mol. The van der Waals surface area contributed by atoms with Crippen molar-refractivity contribution in [1.29, 1.82) is 0 Å². The number of hydrogen-bond acceptors (Lipinski definition) is 1. The van der Waals surface area contributed by atoms with E-state index in [-0.39, 0.29) is 0 Å². The SMILES string of the molecule is CCCn1c(Cc2ccccc2)ccc1C(=O)O. The molecule has 2 aromatic rings. The largest absolute Gasteiger partial charge is 0.477 e. The number of carbonyl (C=O) groups is 1. The molecule has 3 nitrogen and oxygen atoms in total. The molecule has 1 aromatic carbocycles. The molecule has 0 aliphatic rings. The van der Waals surface area contributed by atoms with Gasteiger partial charge >= 0.3 is 5.97 Å². The second-order valence-electron chi connectivity index (χ2n) is 4.33. The summed E-state index contributed by atoms with van der Waals surface area (Å²) in [5.74, 6) is -0.859. The van der Waals surface area contributed by atoms with Crippen molar-refractivity contribution in [1.82, 2.24) is 4.57 Å². The van der Waals surface area contributed by atoms with E-state index < -0.39 is 5.97 Å². The summed E-state index contributed by atoms with van der Waals surface area (Å²) in [5.41, 5.74) is 2.63. The van der Waals surface area contributed by atoms with Gasteiger partial charge in [-0.2, -0.15) is 0 Å². The zero-order chi connectivity index (χ0) is 13.0. The van der Waals surface area contributed by atoms with Gasteiger partial charge < -0.3 is 9.67 Å². The summed E-state index contributed by atoms with van der Waals surface area (Å²) in [6, 6.07) is 13.7. The molecule has 0 amide bonds. The molecule has 1 N–H and O–H groups in total. The van der Waals surface area contributed by atoms with Crippen LogP contribution in [0.25, 0.3) is 0 Å². The molecule has 0 spiro atoms. The van der Waals surface area contributed by atoms with Gasteiger partial charge in [0.05, 0.1) is 0 Å². The number of hydrogen-bond donors (Lipinski definition) is 1. The molecule has 94 valence electrons. The van der Waals surface area contributed by atoms with Crippen molar-refractivity contribution in [3.63, 3.8) is 0 Å². The molecule has 0 bridgehead atoms. The standard InChI is InChI=1S/C15H17NO2/c1-2-10-16-13(8-9-14(16)15(17)18)11-12-6-4-3-5-7-12/h3-9H,2,10-11H2,1H3,(H,17,18). The van der Waals surface area contributed by atoms with E-state index in [4.69, 9.17) is 5.11 Å². The van der Waals surface area contributed by atoms with Crippen molar-refractivity contribution in [3.05, 3.63) is 59.4 Å². The Bertz CT molecular complexity index is 529. The topological polar surface area (TPSA) is 42.2 Å². The van der Waals surface area contributed by atoms with Gasteiger partial charge in [0.25, 0.3) is 0 Å². The summed E-state index contributed by atoms with van der Waals surface area (Å²) in [4.78, 5) is 11.1. The molecular weight excluding hydrogens is 226 g/mol. The van der Waals surface area contributed by atoms with Crippen LogP contribution < -0.4 is 0 Å². The van der Waals surface area contributed by atoms with Crippen molar-refractivity contribution in [3.8, 4) is 0 Å². The van der Waals surface area contributed by atoms with Crippen LogP contribution in [0.4, 0.5) is 0 Å². The molecule has 2 rings (SSSR count). The lowest BCUT2D eigenvalue weighted by Gasteiger charge is -2.10. The highest BCUT2D eigenvalue weighted by Crippen LogP contribution is 2.15. The van der Waals surface area contributed by atoms with Gasteiger partial charge in [-0.3, -0.25) is 0 Å². The van der Waals surface area contributed by atoms with Crippen LogP contribution in [-0.2, 0) is 13.0 Å². The maximum absolute atomic E-state index is 11.1. The van der Waals surface area contributed by atoms with Gasteiger partial charge in [-0.05, 0) is 24.1 Å². The molecule has 0 atom stereocenters. The van der Waals surface area contributed by atoms with Crippen molar-refractivity contribution < 1.29 is 9.90 Å². The molecule has 18 heavy (non-hydrogen) atoms. The van der Waals surface area contributed by atoms with Gasteiger partial charge in [0, 0.05) is 18.7 Å². The zero-order valence-electron chi connectivity index (χ0n) is 10.5. The maximum Gasteiger partial charge on any atom is 0.352 e. The van der Waals surface area contributed by atoms with Crippen LogP contribution in [0, 0.1) is 0 Å². The Morgan fingerprint density at radius 3 is 2.50 bits per heavy atom. The first kappa shape index (κ1) is 12.4. The van der Waals surface area contributed by atoms with Crippen LogP contribution in [-0.4, -0.2) is 15.6 Å². The Morgan fingerprint density at radius 1 is 1.17 bits per heavy atom.